The van der Waals surface area contributed by atoms with Crippen LogP contribution >= 0.6 is 0 Å². The molecule has 1 aromatic heterocycles. The third-order valence-corrected chi connectivity index (χ3v) is 5.74. The number of carbonyl (C=O) groups excluding carboxylic acids is 1. The number of amides is 1. The molecule has 2 heterocycles. The molecule has 4 rings (SSSR count). The SMILES string of the molecule is Cc1cc([C@H]2CCCN2)ccc1NC(=O)c1cc2ccc(OC(C)C)c(OC(C)C)c2oc1=O. The molecular formula is C27H32N2O5. The van der Waals surface area contributed by atoms with Crippen molar-refractivity contribution in [1.82, 2.24) is 5.32 Å². The third kappa shape index (κ3) is 5.09. The topological polar surface area (TPSA) is 89.8 Å². The van der Waals surface area contributed by atoms with Gasteiger partial charge in [-0.15, -0.1) is 0 Å². The first-order valence-corrected chi connectivity index (χ1v) is 11.8. The third-order valence-electron chi connectivity index (χ3n) is 5.74. The van der Waals surface area contributed by atoms with Crippen molar-refractivity contribution in [3.05, 3.63) is 63.5 Å². The van der Waals surface area contributed by atoms with Gasteiger partial charge < -0.3 is 24.5 Å². The Morgan fingerprint density at radius 1 is 1.09 bits per heavy atom. The number of rotatable bonds is 7. The van der Waals surface area contributed by atoms with Crippen LogP contribution in [0.5, 0.6) is 11.5 Å². The molecule has 0 spiro atoms. The maximum Gasteiger partial charge on any atom is 0.349 e. The summed E-state index contributed by atoms with van der Waals surface area (Å²) in [6, 6.07) is 11.4. The van der Waals surface area contributed by atoms with E-state index in [1.807, 2.05) is 46.8 Å². The first-order valence-electron chi connectivity index (χ1n) is 11.8. The van der Waals surface area contributed by atoms with Gasteiger partial charge in [-0.2, -0.15) is 0 Å². The minimum Gasteiger partial charge on any atom is -0.487 e. The van der Waals surface area contributed by atoms with Crippen LogP contribution in [0.2, 0.25) is 0 Å². The highest BCUT2D eigenvalue weighted by Gasteiger charge is 2.21. The van der Waals surface area contributed by atoms with Crippen LogP contribution in [0, 0.1) is 6.92 Å². The highest BCUT2D eigenvalue weighted by Crippen LogP contribution is 2.37. The molecule has 1 aliphatic rings. The number of hydrogen-bond acceptors (Lipinski definition) is 6. The first-order chi connectivity index (χ1) is 16.2. The average Bonchev–Trinajstić information content (AvgIpc) is 3.31. The van der Waals surface area contributed by atoms with E-state index in [0.717, 1.165) is 24.9 Å². The Balaban J connectivity index is 1.64. The summed E-state index contributed by atoms with van der Waals surface area (Å²) in [6.07, 6.45) is 2.03. The van der Waals surface area contributed by atoms with Gasteiger partial charge in [0.2, 0.25) is 5.75 Å². The molecule has 7 heteroatoms. The standard InChI is InChI=1S/C27H32N2O5/c1-15(2)32-23-11-9-19-14-20(27(31)34-24(19)25(23)33-16(3)4)26(30)29-21-10-8-18(13-17(21)5)22-7-6-12-28-22/h8-11,13-16,22,28H,6-7,12H2,1-5H3,(H,29,30)/t22-/m1/s1. The van der Waals surface area contributed by atoms with Gasteiger partial charge in [0.25, 0.3) is 5.91 Å². The van der Waals surface area contributed by atoms with Crippen molar-refractivity contribution in [1.29, 1.82) is 0 Å². The Hall–Kier alpha value is -3.32. The summed E-state index contributed by atoms with van der Waals surface area (Å²) in [4.78, 5) is 25.8. The summed E-state index contributed by atoms with van der Waals surface area (Å²) < 4.78 is 17.3. The number of nitrogens with one attached hydrogen (secondary N) is 2. The lowest BCUT2D eigenvalue weighted by atomic mass is 10.0. The van der Waals surface area contributed by atoms with Gasteiger partial charge in [-0.1, -0.05) is 12.1 Å². The zero-order valence-electron chi connectivity index (χ0n) is 20.4. The molecule has 1 fully saturated rings. The largest absolute Gasteiger partial charge is 0.487 e. The van der Waals surface area contributed by atoms with Crippen molar-refractivity contribution < 1.29 is 18.7 Å². The van der Waals surface area contributed by atoms with E-state index in [-0.39, 0.29) is 23.4 Å². The van der Waals surface area contributed by atoms with Crippen molar-refractivity contribution in [3.8, 4) is 11.5 Å². The molecule has 7 nitrogen and oxygen atoms in total. The minimum atomic E-state index is -0.732. The average molecular weight is 465 g/mol. The van der Waals surface area contributed by atoms with E-state index in [0.29, 0.717) is 28.6 Å². The predicted octanol–water partition coefficient (Wildman–Crippen LogP) is 5.35. The van der Waals surface area contributed by atoms with Gasteiger partial charge in [0, 0.05) is 17.1 Å². The highest BCUT2D eigenvalue weighted by molar-refractivity contribution is 6.06. The molecular weight excluding hydrogens is 432 g/mol. The lowest BCUT2D eigenvalue weighted by Crippen LogP contribution is -2.21. The molecule has 1 aliphatic heterocycles. The van der Waals surface area contributed by atoms with Crippen molar-refractivity contribution in [2.45, 2.75) is 65.7 Å². The molecule has 1 amide bonds. The Kier molecular flexibility index (Phi) is 6.93. The van der Waals surface area contributed by atoms with Gasteiger partial charge in [-0.05, 0) is 89.4 Å². The number of hydrogen-bond donors (Lipinski definition) is 2. The number of fused-ring (bicyclic) bond motifs is 1. The second kappa shape index (κ2) is 9.89. The van der Waals surface area contributed by atoms with E-state index in [9.17, 15) is 9.59 Å². The molecule has 180 valence electrons. The zero-order valence-corrected chi connectivity index (χ0v) is 20.4. The van der Waals surface area contributed by atoms with E-state index in [1.165, 1.54) is 11.6 Å². The first kappa shape index (κ1) is 23.8. The second-order valence-electron chi connectivity index (χ2n) is 9.27. The maximum atomic E-state index is 13.0. The van der Waals surface area contributed by atoms with Crippen LogP contribution in [0.4, 0.5) is 5.69 Å². The van der Waals surface area contributed by atoms with Crippen LogP contribution in [0.1, 0.15) is 68.1 Å². The van der Waals surface area contributed by atoms with Crippen LogP contribution in [-0.2, 0) is 0 Å². The van der Waals surface area contributed by atoms with E-state index in [2.05, 4.69) is 16.7 Å². The summed E-state index contributed by atoms with van der Waals surface area (Å²) in [5.41, 5.74) is 2.27. The molecule has 34 heavy (non-hydrogen) atoms. The highest BCUT2D eigenvalue weighted by atomic mass is 16.5. The van der Waals surface area contributed by atoms with Gasteiger partial charge >= 0.3 is 5.63 Å². The molecule has 3 aromatic rings. The predicted molar refractivity (Wildman–Crippen MR) is 133 cm³/mol. The summed E-state index contributed by atoms with van der Waals surface area (Å²) in [5, 5.41) is 6.92. The van der Waals surface area contributed by atoms with Crippen LogP contribution < -0.4 is 25.7 Å². The van der Waals surface area contributed by atoms with Gasteiger partial charge in [-0.3, -0.25) is 4.79 Å². The number of carbonyl (C=O) groups is 1. The van der Waals surface area contributed by atoms with Crippen LogP contribution in [0.25, 0.3) is 11.0 Å². The second-order valence-corrected chi connectivity index (χ2v) is 9.27. The minimum absolute atomic E-state index is 0.0681. The molecule has 0 unspecified atom stereocenters. The molecule has 1 atom stereocenters. The van der Waals surface area contributed by atoms with Crippen LogP contribution in [0.15, 0.2) is 45.6 Å². The fourth-order valence-electron chi connectivity index (χ4n) is 4.20. The molecule has 0 bridgehead atoms. The molecule has 1 saturated heterocycles. The van der Waals surface area contributed by atoms with E-state index in [4.69, 9.17) is 13.9 Å². The number of benzene rings is 2. The van der Waals surface area contributed by atoms with Gasteiger partial charge in [0.15, 0.2) is 11.3 Å². The van der Waals surface area contributed by atoms with E-state index < -0.39 is 11.5 Å². The Bertz CT molecular complexity index is 1260. The van der Waals surface area contributed by atoms with E-state index in [1.54, 1.807) is 12.1 Å². The Labute approximate surface area is 199 Å². The monoisotopic (exact) mass is 464 g/mol. The smallest absolute Gasteiger partial charge is 0.349 e. The number of aryl methyl sites for hydroxylation is 1. The lowest BCUT2D eigenvalue weighted by Gasteiger charge is -2.18. The van der Waals surface area contributed by atoms with Gasteiger partial charge in [-0.25, -0.2) is 4.79 Å². The van der Waals surface area contributed by atoms with Crippen molar-refractivity contribution >= 4 is 22.6 Å². The normalized spacial score (nSPS) is 15.8. The summed E-state index contributed by atoms with van der Waals surface area (Å²) in [7, 11) is 0. The molecule has 0 saturated carbocycles. The quantitative estimate of drug-likeness (QED) is 0.458. The molecule has 0 radical (unpaired) electrons. The van der Waals surface area contributed by atoms with E-state index >= 15 is 0 Å². The van der Waals surface area contributed by atoms with Gasteiger partial charge in [0.05, 0.1) is 12.2 Å². The van der Waals surface area contributed by atoms with Crippen LogP contribution in [-0.4, -0.2) is 24.7 Å². The van der Waals surface area contributed by atoms with Crippen molar-refractivity contribution in [2.24, 2.45) is 0 Å². The lowest BCUT2D eigenvalue weighted by molar-refractivity contribution is 0.102. The number of ether oxygens (including phenoxy) is 2. The zero-order chi connectivity index (χ0) is 24.4. The van der Waals surface area contributed by atoms with Gasteiger partial charge in [0.1, 0.15) is 5.56 Å². The summed E-state index contributed by atoms with van der Waals surface area (Å²) in [6.45, 7) is 10.6. The van der Waals surface area contributed by atoms with Crippen molar-refractivity contribution in [3.63, 3.8) is 0 Å². The van der Waals surface area contributed by atoms with Crippen LogP contribution in [0.3, 0.4) is 0 Å². The molecule has 0 aliphatic carbocycles. The van der Waals surface area contributed by atoms with Crippen molar-refractivity contribution in [2.75, 3.05) is 11.9 Å². The molecule has 2 aromatic carbocycles. The number of anilines is 1. The fourth-order valence-corrected chi connectivity index (χ4v) is 4.20. The summed E-state index contributed by atoms with van der Waals surface area (Å²) in [5.74, 6) is 0.334. The Morgan fingerprint density at radius 2 is 1.85 bits per heavy atom. The Morgan fingerprint density at radius 3 is 2.50 bits per heavy atom. The maximum absolute atomic E-state index is 13.0. The molecule has 2 N–H and O–H groups in total. The fraction of sp³-hybridized carbons (Fsp3) is 0.407. The summed E-state index contributed by atoms with van der Waals surface area (Å²) >= 11 is 0.